The number of H-pyrrole nitrogens is 1. The number of hydrogen-bond acceptors (Lipinski definition) is 5. The van der Waals surface area contributed by atoms with Gasteiger partial charge in [0.25, 0.3) is 0 Å². The Bertz CT molecular complexity index is 1760. The van der Waals surface area contributed by atoms with Gasteiger partial charge in [-0.05, 0) is 75.0 Å². The number of para-hydroxylation sites is 1. The highest BCUT2D eigenvalue weighted by Crippen LogP contribution is 2.32. The summed E-state index contributed by atoms with van der Waals surface area (Å²) >= 11 is 0. The molecule has 0 bridgehead atoms. The van der Waals surface area contributed by atoms with E-state index in [1.807, 2.05) is 73.7 Å². The number of anilines is 2. The molecule has 0 unspecified atom stereocenters. The van der Waals surface area contributed by atoms with Gasteiger partial charge in [0.2, 0.25) is 5.91 Å². The molecule has 0 aliphatic rings. The summed E-state index contributed by atoms with van der Waals surface area (Å²) < 4.78 is 0. The molecule has 0 aliphatic carbocycles. The molecule has 0 radical (unpaired) electrons. The van der Waals surface area contributed by atoms with E-state index in [-0.39, 0.29) is 5.91 Å². The highest BCUT2D eigenvalue weighted by atomic mass is 16.1. The van der Waals surface area contributed by atoms with Gasteiger partial charge in [-0.1, -0.05) is 55.1 Å². The molecule has 2 aromatic heterocycles. The van der Waals surface area contributed by atoms with Crippen molar-refractivity contribution in [3.63, 3.8) is 0 Å². The number of rotatable bonds is 10. The van der Waals surface area contributed by atoms with Crippen LogP contribution in [0.2, 0.25) is 0 Å². The van der Waals surface area contributed by atoms with Gasteiger partial charge in [-0.2, -0.15) is 0 Å². The lowest BCUT2D eigenvalue weighted by Crippen LogP contribution is -2.12. The monoisotopic (exact) mass is 556 g/mol. The SMILES string of the molecule is C=C(Nc1cccc(Cc2ncc(C)c(-c3c(C)[nH]c4ccccc34)n2)c1)c1ccc(NC(=O)/C=C/CN(C)C)cc1. The molecule has 212 valence electrons. The van der Waals surface area contributed by atoms with Crippen LogP contribution in [0.15, 0.2) is 97.7 Å². The summed E-state index contributed by atoms with van der Waals surface area (Å²) in [4.78, 5) is 27.3. The summed E-state index contributed by atoms with van der Waals surface area (Å²) in [5.74, 6) is 0.616. The van der Waals surface area contributed by atoms with Gasteiger partial charge in [0, 0.05) is 64.5 Å². The minimum absolute atomic E-state index is 0.153. The van der Waals surface area contributed by atoms with Gasteiger partial charge in [0.1, 0.15) is 5.82 Å². The van der Waals surface area contributed by atoms with Crippen LogP contribution in [0.4, 0.5) is 11.4 Å². The topological polar surface area (TPSA) is 85.9 Å². The van der Waals surface area contributed by atoms with Gasteiger partial charge in [0.05, 0.1) is 5.69 Å². The molecule has 0 saturated carbocycles. The van der Waals surface area contributed by atoms with E-state index in [2.05, 4.69) is 71.4 Å². The van der Waals surface area contributed by atoms with E-state index in [1.165, 1.54) is 5.39 Å². The van der Waals surface area contributed by atoms with Crippen LogP contribution < -0.4 is 10.6 Å². The summed E-state index contributed by atoms with van der Waals surface area (Å²) in [6, 6.07) is 24.2. The summed E-state index contributed by atoms with van der Waals surface area (Å²) in [6.07, 6.45) is 5.90. The molecule has 1 amide bonds. The highest BCUT2D eigenvalue weighted by molar-refractivity contribution is 5.99. The van der Waals surface area contributed by atoms with Crippen molar-refractivity contribution >= 4 is 33.9 Å². The molecule has 0 spiro atoms. The molecule has 3 N–H and O–H groups in total. The first-order chi connectivity index (χ1) is 20.3. The summed E-state index contributed by atoms with van der Waals surface area (Å²) in [5, 5.41) is 7.46. The lowest BCUT2D eigenvalue weighted by molar-refractivity contribution is -0.111. The molecule has 2 heterocycles. The van der Waals surface area contributed by atoms with Gasteiger partial charge in [-0.25, -0.2) is 9.97 Å². The quantitative estimate of drug-likeness (QED) is 0.162. The Hall–Kier alpha value is -5.01. The van der Waals surface area contributed by atoms with Gasteiger partial charge in [0.15, 0.2) is 0 Å². The van der Waals surface area contributed by atoms with Crippen LogP contribution in [0.3, 0.4) is 0 Å². The average Bonchev–Trinajstić information content (AvgIpc) is 3.30. The second-order valence-corrected chi connectivity index (χ2v) is 10.7. The first-order valence-electron chi connectivity index (χ1n) is 13.9. The van der Waals surface area contributed by atoms with E-state index in [0.29, 0.717) is 13.0 Å². The van der Waals surface area contributed by atoms with E-state index in [1.54, 1.807) is 6.08 Å². The third-order valence-corrected chi connectivity index (χ3v) is 6.98. The molecule has 0 fully saturated rings. The van der Waals surface area contributed by atoms with Crippen LogP contribution in [-0.4, -0.2) is 46.4 Å². The number of hydrogen-bond donors (Lipinski definition) is 3. The Balaban J connectivity index is 1.26. The van der Waals surface area contributed by atoms with Gasteiger partial charge in [-0.15, -0.1) is 0 Å². The third-order valence-electron chi connectivity index (χ3n) is 6.98. The Labute approximate surface area is 247 Å². The molecule has 5 rings (SSSR count). The number of carbonyl (C=O) groups is 1. The standard InChI is InChI=1S/C35H36N6O/c1-23-22-36-32(40-35(23)34-25(3)38-31-13-7-6-12-30(31)34)21-26-10-8-11-29(20-26)37-24(2)27-15-17-28(18-16-27)39-33(42)14-9-19-41(4)5/h6-18,20,22,37-38H,2,19,21H2,1,3-5H3,(H,39,42)/b14-9+. The van der Waals surface area contributed by atoms with Gasteiger partial charge in [-0.3, -0.25) is 4.79 Å². The Kier molecular flexibility index (Phi) is 8.60. The number of nitrogens with zero attached hydrogens (tertiary/aromatic N) is 3. The van der Waals surface area contributed by atoms with Crippen molar-refractivity contribution in [3.05, 3.63) is 126 Å². The van der Waals surface area contributed by atoms with Crippen molar-refractivity contribution in [1.29, 1.82) is 0 Å². The van der Waals surface area contributed by atoms with Crippen molar-refractivity contribution in [1.82, 2.24) is 19.9 Å². The van der Waals surface area contributed by atoms with Crippen molar-refractivity contribution in [2.24, 2.45) is 0 Å². The Morgan fingerprint density at radius 1 is 0.976 bits per heavy atom. The van der Waals surface area contributed by atoms with Crippen molar-refractivity contribution in [3.8, 4) is 11.3 Å². The Morgan fingerprint density at radius 2 is 1.76 bits per heavy atom. The molecule has 3 aromatic carbocycles. The summed E-state index contributed by atoms with van der Waals surface area (Å²) in [7, 11) is 3.92. The van der Waals surface area contributed by atoms with Crippen LogP contribution in [-0.2, 0) is 11.2 Å². The molecule has 5 aromatic rings. The fraction of sp³-hybridized carbons (Fsp3) is 0.171. The van der Waals surface area contributed by atoms with E-state index in [4.69, 9.17) is 4.98 Å². The number of aryl methyl sites for hydroxylation is 2. The lowest BCUT2D eigenvalue weighted by atomic mass is 10.0. The van der Waals surface area contributed by atoms with Crippen LogP contribution in [0, 0.1) is 13.8 Å². The fourth-order valence-corrected chi connectivity index (χ4v) is 4.90. The van der Waals surface area contributed by atoms with Crippen LogP contribution in [0.1, 0.15) is 28.2 Å². The number of carbonyl (C=O) groups excluding carboxylic acids is 1. The molecule has 0 aliphatic heterocycles. The molecule has 7 heteroatoms. The zero-order valence-electron chi connectivity index (χ0n) is 24.5. The minimum atomic E-state index is -0.153. The van der Waals surface area contributed by atoms with Crippen LogP contribution in [0.5, 0.6) is 0 Å². The van der Waals surface area contributed by atoms with Gasteiger partial charge >= 0.3 is 0 Å². The van der Waals surface area contributed by atoms with E-state index in [9.17, 15) is 4.79 Å². The van der Waals surface area contributed by atoms with Crippen molar-refractivity contribution in [2.45, 2.75) is 20.3 Å². The second-order valence-electron chi connectivity index (χ2n) is 10.7. The normalized spacial score (nSPS) is 11.4. The van der Waals surface area contributed by atoms with Crippen molar-refractivity contribution in [2.75, 3.05) is 31.3 Å². The predicted molar refractivity (Wildman–Crippen MR) is 173 cm³/mol. The van der Waals surface area contributed by atoms with Gasteiger partial charge < -0.3 is 20.5 Å². The first kappa shape index (κ1) is 28.5. The van der Waals surface area contributed by atoms with E-state index < -0.39 is 0 Å². The Morgan fingerprint density at radius 3 is 2.55 bits per heavy atom. The number of benzene rings is 3. The fourth-order valence-electron chi connectivity index (χ4n) is 4.90. The second kappa shape index (κ2) is 12.7. The van der Waals surface area contributed by atoms with Crippen molar-refractivity contribution < 1.29 is 4.79 Å². The molecular formula is C35H36N6O. The number of fused-ring (bicyclic) bond motifs is 1. The first-order valence-corrected chi connectivity index (χ1v) is 13.9. The molecule has 0 atom stereocenters. The third kappa shape index (κ3) is 6.82. The maximum atomic E-state index is 12.1. The maximum absolute atomic E-state index is 12.1. The molecule has 7 nitrogen and oxygen atoms in total. The number of aromatic amines is 1. The molecular weight excluding hydrogens is 520 g/mol. The zero-order chi connectivity index (χ0) is 29.6. The highest BCUT2D eigenvalue weighted by Gasteiger charge is 2.15. The largest absolute Gasteiger partial charge is 0.358 e. The molecule has 42 heavy (non-hydrogen) atoms. The van der Waals surface area contributed by atoms with Crippen LogP contribution in [0.25, 0.3) is 27.9 Å². The smallest absolute Gasteiger partial charge is 0.248 e. The van der Waals surface area contributed by atoms with E-state index >= 15 is 0 Å². The molecule has 0 saturated heterocycles. The number of nitrogens with one attached hydrogen (secondary N) is 3. The summed E-state index contributed by atoms with van der Waals surface area (Å²) in [5.41, 5.74) is 9.79. The zero-order valence-corrected chi connectivity index (χ0v) is 24.5. The maximum Gasteiger partial charge on any atom is 0.248 e. The number of likely N-dealkylation sites (N-methyl/N-ethyl adjacent to an activating group) is 1. The number of aromatic nitrogens is 3. The predicted octanol–water partition coefficient (Wildman–Crippen LogP) is 6.97. The minimum Gasteiger partial charge on any atom is -0.358 e. The average molecular weight is 557 g/mol. The lowest BCUT2D eigenvalue weighted by Gasteiger charge is -2.12. The van der Waals surface area contributed by atoms with E-state index in [0.717, 1.165) is 62.1 Å². The number of amides is 1. The van der Waals surface area contributed by atoms with Crippen LogP contribution >= 0.6 is 0 Å². The summed E-state index contributed by atoms with van der Waals surface area (Å²) in [6.45, 7) is 9.08.